The number of piperazine rings is 1. The predicted molar refractivity (Wildman–Crippen MR) is 154 cm³/mol. The summed E-state index contributed by atoms with van der Waals surface area (Å²) in [6, 6.07) is 5.95. The summed E-state index contributed by atoms with van der Waals surface area (Å²) in [6.07, 6.45) is 3.64. The lowest BCUT2D eigenvalue weighted by molar-refractivity contribution is 0.0240. The lowest BCUT2D eigenvalue weighted by Gasteiger charge is -2.37. The minimum absolute atomic E-state index is 0.211. The monoisotopic (exact) mass is 554 g/mol. The van der Waals surface area contributed by atoms with Crippen molar-refractivity contribution in [1.82, 2.24) is 19.8 Å². The molecule has 0 bridgehead atoms. The highest BCUT2D eigenvalue weighted by Gasteiger charge is 2.31. The molecule has 3 aliphatic rings. The second-order valence-corrected chi connectivity index (χ2v) is 12.2. The van der Waals surface area contributed by atoms with E-state index in [-0.39, 0.29) is 11.9 Å². The number of halogens is 1. The van der Waals surface area contributed by atoms with Gasteiger partial charge in [-0.1, -0.05) is 12.1 Å². The van der Waals surface area contributed by atoms with Crippen LogP contribution in [0.5, 0.6) is 6.01 Å². The van der Waals surface area contributed by atoms with E-state index in [1.807, 2.05) is 33.8 Å². The van der Waals surface area contributed by atoms with Gasteiger partial charge in [-0.15, -0.1) is 0 Å². The highest BCUT2D eigenvalue weighted by atomic mass is 19.1. The number of para-hydroxylation sites is 1. The molecule has 1 aromatic heterocycles. The second kappa shape index (κ2) is 11.8. The third kappa shape index (κ3) is 6.43. The molecule has 3 aliphatic heterocycles. The summed E-state index contributed by atoms with van der Waals surface area (Å²) in [5.41, 5.74) is 3.00. The normalized spacial score (nSPS) is 20.4. The molecule has 0 saturated carbocycles. The van der Waals surface area contributed by atoms with Crippen LogP contribution < -0.4 is 14.5 Å². The van der Waals surface area contributed by atoms with Crippen LogP contribution in [0.15, 0.2) is 18.2 Å². The van der Waals surface area contributed by atoms with E-state index in [1.165, 1.54) is 12.5 Å². The molecule has 1 unspecified atom stereocenters. The van der Waals surface area contributed by atoms with Crippen LogP contribution in [0.4, 0.5) is 20.7 Å². The van der Waals surface area contributed by atoms with Crippen LogP contribution >= 0.6 is 0 Å². The minimum Gasteiger partial charge on any atom is -0.462 e. The van der Waals surface area contributed by atoms with Gasteiger partial charge in [0, 0.05) is 44.3 Å². The first-order chi connectivity index (χ1) is 19.1. The number of likely N-dealkylation sites (tertiary alicyclic amines) is 1. The molecule has 40 heavy (non-hydrogen) atoms. The van der Waals surface area contributed by atoms with Crippen LogP contribution in [0.3, 0.4) is 0 Å². The molecule has 1 atom stereocenters. The number of anilines is 2. The molecule has 2 fully saturated rings. The van der Waals surface area contributed by atoms with Gasteiger partial charge in [-0.2, -0.15) is 9.97 Å². The maximum absolute atomic E-state index is 15.0. The molecule has 10 heteroatoms. The Hall–Kier alpha value is -3.14. The zero-order chi connectivity index (χ0) is 28.4. The molecular formula is C30H43FN6O3. The minimum atomic E-state index is -0.528. The Bertz CT molecular complexity index is 1190. The SMILES string of the molecule is Cc1cccc(F)c1N1CCCc2c(nc(OCC3CCCN3C)nc2N2CCN(C(=O)OC(C)(C)C)CC2)C1. The van der Waals surface area contributed by atoms with E-state index in [1.54, 1.807) is 11.0 Å². The summed E-state index contributed by atoms with van der Waals surface area (Å²) >= 11 is 0. The van der Waals surface area contributed by atoms with Crippen molar-refractivity contribution in [3.8, 4) is 6.01 Å². The van der Waals surface area contributed by atoms with Crippen LogP contribution in [-0.2, 0) is 17.7 Å². The molecule has 2 saturated heterocycles. The Kier molecular flexibility index (Phi) is 8.35. The topological polar surface area (TPSA) is 74.3 Å². The Morgan fingerprint density at radius 2 is 1.82 bits per heavy atom. The molecule has 2 aromatic rings. The Labute approximate surface area is 237 Å². The molecule has 0 spiro atoms. The highest BCUT2D eigenvalue weighted by molar-refractivity contribution is 5.68. The maximum Gasteiger partial charge on any atom is 0.410 e. The van der Waals surface area contributed by atoms with Gasteiger partial charge in [-0.25, -0.2) is 9.18 Å². The number of fused-ring (bicyclic) bond motifs is 1. The van der Waals surface area contributed by atoms with Crippen LogP contribution in [0.1, 0.15) is 56.9 Å². The first-order valence-electron chi connectivity index (χ1n) is 14.5. The van der Waals surface area contributed by atoms with Crippen molar-refractivity contribution in [2.45, 2.75) is 71.6 Å². The average molecular weight is 555 g/mol. The number of hydrogen-bond donors (Lipinski definition) is 0. The lowest BCUT2D eigenvalue weighted by Crippen LogP contribution is -2.50. The average Bonchev–Trinajstić information content (AvgIpc) is 3.19. The van der Waals surface area contributed by atoms with Crippen molar-refractivity contribution in [3.05, 3.63) is 40.8 Å². The Morgan fingerprint density at radius 1 is 1.05 bits per heavy atom. The van der Waals surface area contributed by atoms with Gasteiger partial charge in [0.1, 0.15) is 23.8 Å². The van der Waals surface area contributed by atoms with Gasteiger partial charge in [-0.3, -0.25) is 0 Å². The van der Waals surface area contributed by atoms with Crippen molar-refractivity contribution in [2.75, 3.05) is 62.7 Å². The number of rotatable bonds is 5. The molecule has 218 valence electrons. The number of nitrogens with zero attached hydrogens (tertiary/aromatic N) is 6. The fraction of sp³-hybridized carbons (Fsp3) is 0.633. The van der Waals surface area contributed by atoms with E-state index in [0.29, 0.717) is 57.1 Å². The number of benzene rings is 1. The van der Waals surface area contributed by atoms with Gasteiger partial charge in [0.15, 0.2) is 0 Å². The second-order valence-electron chi connectivity index (χ2n) is 12.2. The van der Waals surface area contributed by atoms with Crippen LogP contribution in [0, 0.1) is 12.7 Å². The third-order valence-corrected chi connectivity index (χ3v) is 8.06. The number of ether oxygens (including phenoxy) is 2. The third-order valence-electron chi connectivity index (χ3n) is 8.06. The van der Waals surface area contributed by atoms with Crippen molar-refractivity contribution in [1.29, 1.82) is 0 Å². The van der Waals surface area contributed by atoms with Crippen LogP contribution in [-0.4, -0.2) is 90.4 Å². The predicted octanol–water partition coefficient (Wildman–Crippen LogP) is 4.41. The molecule has 0 N–H and O–H groups in total. The number of aromatic nitrogens is 2. The molecule has 0 radical (unpaired) electrons. The van der Waals surface area contributed by atoms with Crippen molar-refractivity contribution in [2.24, 2.45) is 0 Å². The zero-order valence-corrected chi connectivity index (χ0v) is 24.6. The van der Waals surface area contributed by atoms with Gasteiger partial charge >= 0.3 is 12.1 Å². The number of aryl methyl sites for hydroxylation is 1. The molecule has 0 aliphatic carbocycles. The molecular weight excluding hydrogens is 511 g/mol. The Balaban J connectivity index is 1.41. The Morgan fingerprint density at radius 3 is 2.50 bits per heavy atom. The van der Waals surface area contributed by atoms with E-state index in [0.717, 1.165) is 55.0 Å². The largest absolute Gasteiger partial charge is 0.462 e. The number of hydrogen-bond acceptors (Lipinski definition) is 8. The van der Waals surface area contributed by atoms with E-state index >= 15 is 0 Å². The van der Waals surface area contributed by atoms with E-state index in [9.17, 15) is 9.18 Å². The summed E-state index contributed by atoms with van der Waals surface area (Å²) in [6.45, 7) is 12.8. The van der Waals surface area contributed by atoms with Crippen molar-refractivity contribution >= 4 is 17.6 Å². The van der Waals surface area contributed by atoms with Crippen LogP contribution in [0.2, 0.25) is 0 Å². The molecule has 5 rings (SSSR count). The smallest absolute Gasteiger partial charge is 0.410 e. The van der Waals surface area contributed by atoms with E-state index in [2.05, 4.69) is 21.7 Å². The number of likely N-dealkylation sites (N-methyl/N-ethyl adjacent to an activating group) is 1. The first kappa shape index (κ1) is 28.4. The first-order valence-corrected chi connectivity index (χ1v) is 14.5. The summed E-state index contributed by atoms with van der Waals surface area (Å²) in [5, 5.41) is 0. The standard InChI is InChI=1S/C30H43FN6O3/c1-21-9-6-12-24(31)26(21)37-14-8-11-23-25(19-37)32-28(39-20-22-10-7-13-34(22)5)33-27(23)35-15-17-36(18-16-35)29(38)40-30(2,3)4/h6,9,12,22H,7-8,10-11,13-20H2,1-5H3. The van der Waals surface area contributed by atoms with E-state index in [4.69, 9.17) is 19.4 Å². The van der Waals surface area contributed by atoms with Gasteiger partial charge in [-0.05, 0) is 78.6 Å². The summed E-state index contributed by atoms with van der Waals surface area (Å²) in [4.78, 5) is 30.9. The fourth-order valence-electron chi connectivity index (χ4n) is 5.92. The maximum atomic E-state index is 15.0. The van der Waals surface area contributed by atoms with Gasteiger partial charge in [0.25, 0.3) is 0 Å². The van der Waals surface area contributed by atoms with E-state index < -0.39 is 5.60 Å². The summed E-state index contributed by atoms with van der Waals surface area (Å²) in [7, 11) is 2.13. The molecule has 1 amide bonds. The molecule has 4 heterocycles. The van der Waals surface area contributed by atoms with Crippen molar-refractivity contribution < 1.29 is 18.7 Å². The molecule has 9 nitrogen and oxygen atoms in total. The van der Waals surface area contributed by atoms with Crippen LogP contribution in [0.25, 0.3) is 0 Å². The lowest BCUT2D eigenvalue weighted by atomic mass is 10.1. The number of carbonyl (C=O) groups is 1. The van der Waals surface area contributed by atoms with Gasteiger partial charge < -0.3 is 29.1 Å². The summed E-state index contributed by atoms with van der Waals surface area (Å²) < 4.78 is 26.8. The highest BCUT2D eigenvalue weighted by Crippen LogP contribution is 2.33. The number of amides is 1. The number of carbonyl (C=O) groups excluding carboxylic acids is 1. The molecule has 1 aromatic carbocycles. The van der Waals surface area contributed by atoms with Gasteiger partial charge in [0.05, 0.1) is 17.9 Å². The fourth-order valence-corrected chi connectivity index (χ4v) is 5.92. The quantitative estimate of drug-likeness (QED) is 0.538. The summed E-state index contributed by atoms with van der Waals surface area (Å²) in [5.74, 6) is 0.660. The zero-order valence-electron chi connectivity index (χ0n) is 24.6. The van der Waals surface area contributed by atoms with Gasteiger partial charge in [0.2, 0.25) is 0 Å². The van der Waals surface area contributed by atoms with Crippen molar-refractivity contribution in [3.63, 3.8) is 0 Å².